The summed E-state index contributed by atoms with van der Waals surface area (Å²) in [6.07, 6.45) is 1.81. The first-order valence-corrected chi connectivity index (χ1v) is 8.09. The molecule has 2 rings (SSSR count). The summed E-state index contributed by atoms with van der Waals surface area (Å²) in [7, 11) is -4.31. The van der Waals surface area contributed by atoms with Crippen LogP contribution in [0.3, 0.4) is 0 Å². The van der Waals surface area contributed by atoms with Crippen LogP contribution in [0.5, 0.6) is 0 Å². The molecule has 23 heavy (non-hydrogen) atoms. The minimum absolute atomic E-state index is 0.0951. The molecule has 1 aromatic heterocycles. The highest BCUT2D eigenvalue weighted by molar-refractivity contribution is 7.89. The quantitative estimate of drug-likeness (QED) is 0.639. The summed E-state index contributed by atoms with van der Waals surface area (Å²) in [5.74, 6) is -4.30. The van der Waals surface area contributed by atoms with Crippen LogP contribution in [-0.2, 0) is 16.6 Å². The molecular formula is C14H13F3N2O3S. The molecule has 0 aliphatic carbocycles. The van der Waals surface area contributed by atoms with Crippen molar-refractivity contribution in [2.24, 2.45) is 0 Å². The van der Waals surface area contributed by atoms with Crippen LogP contribution in [0, 0.1) is 17.5 Å². The summed E-state index contributed by atoms with van der Waals surface area (Å²) in [4.78, 5) is 10.5. The van der Waals surface area contributed by atoms with Gasteiger partial charge in [0, 0.05) is 31.4 Å². The van der Waals surface area contributed by atoms with Crippen molar-refractivity contribution in [3.05, 3.63) is 64.3 Å². The van der Waals surface area contributed by atoms with Gasteiger partial charge in [0.15, 0.2) is 11.6 Å². The Labute approximate surface area is 130 Å². The third-order valence-electron chi connectivity index (χ3n) is 3.03. The summed E-state index contributed by atoms with van der Waals surface area (Å²) >= 11 is 0. The maximum Gasteiger partial charge on any atom is 0.250 e. The van der Waals surface area contributed by atoms with Crippen LogP contribution in [0.25, 0.3) is 0 Å². The molecule has 0 saturated heterocycles. The number of aromatic nitrogens is 1. The van der Waals surface area contributed by atoms with E-state index >= 15 is 0 Å². The Hall–Kier alpha value is -2.13. The van der Waals surface area contributed by atoms with Crippen molar-refractivity contribution in [3.63, 3.8) is 0 Å². The fourth-order valence-electron chi connectivity index (χ4n) is 1.89. The third kappa shape index (κ3) is 4.20. The van der Waals surface area contributed by atoms with Crippen LogP contribution < -0.4 is 10.3 Å². The number of pyridine rings is 1. The molecule has 0 unspecified atom stereocenters. The molecule has 5 nitrogen and oxygen atoms in total. The molecule has 9 heteroatoms. The van der Waals surface area contributed by atoms with Gasteiger partial charge in [0.1, 0.15) is 10.7 Å². The lowest BCUT2D eigenvalue weighted by atomic mass is 10.3. The zero-order valence-electron chi connectivity index (χ0n) is 11.8. The highest BCUT2D eigenvalue weighted by atomic mass is 32.2. The second kappa shape index (κ2) is 6.97. The summed E-state index contributed by atoms with van der Waals surface area (Å²) in [5, 5.41) is 0. The van der Waals surface area contributed by atoms with E-state index in [-0.39, 0.29) is 37.2 Å². The van der Waals surface area contributed by atoms with Crippen molar-refractivity contribution in [2.45, 2.75) is 17.9 Å². The number of hydrogen-bond acceptors (Lipinski definition) is 3. The molecule has 0 fully saturated rings. The first kappa shape index (κ1) is 17.2. The lowest BCUT2D eigenvalue weighted by molar-refractivity contribution is 0.481. The summed E-state index contributed by atoms with van der Waals surface area (Å²) in [5.41, 5.74) is -0.234. The van der Waals surface area contributed by atoms with Crippen LogP contribution in [0.2, 0.25) is 0 Å². The topological polar surface area (TPSA) is 68.2 Å². The third-order valence-corrected chi connectivity index (χ3v) is 4.51. The smallest absolute Gasteiger partial charge is 0.250 e. The predicted molar refractivity (Wildman–Crippen MR) is 76.8 cm³/mol. The van der Waals surface area contributed by atoms with Gasteiger partial charge >= 0.3 is 0 Å². The van der Waals surface area contributed by atoms with E-state index in [9.17, 15) is 26.4 Å². The van der Waals surface area contributed by atoms with E-state index in [2.05, 4.69) is 4.72 Å². The van der Waals surface area contributed by atoms with Gasteiger partial charge in [0.25, 0.3) is 0 Å². The lowest BCUT2D eigenvalue weighted by Crippen LogP contribution is -2.28. The molecule has 0 aliphatic rings. The van der Waals surface area contributed by atoms with E-state index in [0.717, 1.165) is 0 Å². The second-order valence-electron chi connectivity index (χ2n) is 4.68. The van der Waals surface area contributed by atoms with E-state index in [1.807, 2.05) is 0 Å². The maximum absolute atomic E-state index is 13.5. The molecule has 0 aliphatic heterocycles. The Bertz CT molecular complexity index is 866. The molecule has 2 aromatic rings. The Morgan fingerprint density at radius 3 is 2.43 bits per heavy atom. The van der Waals surface area contributed by atoms with E-state index in [0.29, 0.717) is 0 Å². The Morgan fingerprint density at radius 2 is 1.74 bits per heavy atom. The summed E-state index contributed by atoms with van der Waals surface area (Å²) in [6, 6.07) is 5.05. The maximum atomic E-state index is 13.5. The number of nitrogens with one attached hydrogen (secondary N) is 1. The van der Waals surface area contributed by atoms with E-state index in [4.69, 9.17) is 0 Å². The van der Waals surface area contributed by atoms with Gasteiger partial charge in [0.2, 0.25) is 15.6 Å². The van der Waals surface area contributed by atoms with Gasteiger partial charge in [0.05, 0.1) is 0 Å². The zero-order valence-corrected chi connectivity index (χ0v) is 12.6. The summed E-state index contributed by atoms with van der Waals surface area (Å²) in [6.45, 7) is 0.157. The largest absolute Gasteiger partial charge is 0.315 e. The number of rotatable bonds is 6. The fourth-order valence-corrected chi connectivity index (χ4v) is 3.03. The monoisotopic (exact) mass is 346 g/mol. The Morgan fingerprint density at radius 1 is 1.04 bits per heavy atom. The van der Waals surface area contributed by atoms with E-state index in [1.165, 1.54) is 10.6 Å². The normalized spacial score (nSPS) is 11.6. The number of sulfonamides is 1. The molecule has 0 atom stereocenters. The number of nitrogens with zero attached hydrogens (tertiary/aromatic N) is 1. The van der Waals surface area contributed by atoms with Crippen molar-refractivity contribution in [1.82, 2.24) is 9.29 Å². The molecule has 124 valence electrons. The van der Waals surface area contributed by atoms with Crippen LogP contribution in [0.1, 0.15) is 6.42 Å². The van der Waals surface area contributed by atoms with Crippen molar-refractivity contribution in [1.29, 1.82) is 0 Å². The number of halogens is 3. The molecule has 0 amide bonds. The van der Waals surface area contributed by atoms with E-state index in [1.54, 1.807) is 18.3 Å². The predicted octanol–water partition coefficient (Wildman–Crippen LogP) is 1.63. The van der Waals surface area contributed by atoms with Gasteiger partial charge in [-0.1, -0.05) is 6.07 Å². The summed E-state index contributed by atoms with van der Waals surface area (Å²) < 4.78 is 66.6. The highest BCUT2D eigenvalue weighted by Gasteiger charge is 2.21. The van der Waals surface area contributed by atoms with Crippen LogP contribution >= 0.6 is 0 Å². The standard InChI is InChI=1S/C14H13F3N2O3S/c15-10-8-12(17)13(9-11(10)16)23(21,22)18-5-3-7-19-6-2-1-4-14(19)20/h1-2,4,6,8-9,18H,3,5,7H2. The van der Waals surface area contributed by atoms with Crippen molar-refractivity contribution in [3.8, 4) is 0 Å². The first-order chi connectivity index (χ1) is 10.8. The molecule has 0 spiro atoms. The number of aryl methyl sites for hydroxylation is 1. The van der Waals surface area contributed by atoms with E-state index < -0.39 is 32.4 Å². The van der Waals surface area contributed by atoms with Gasteiger partial charge in [-0.3, -0.25) is 4.79 Å². The molecular weight excluding hydrogens is 333 g/mol. The average Bonchev–Trinajstić information content (AvgIpc) is 2.49. The second-order valence-corrected chi connectivity index (χ2v) is 6.42. The average molecular weight is 346 g/mol. The van der Waals surface area contributed by atoms with Gasteiger partial charge in [-0.05, 0) is 18.6 Å². The number of benzene rings is 1. The Kier molecular flexibility index (Phi) is 5.22. The SMILES string of the molecule is O=c1ccccn1CCCNS(=O)(=O)c1cc(F)c(F)cc1F. The Balaban J connectivity index is 2.01. The lowest BCUT2D eigenvalue weighted by Gasteiger charge is -2.09. The minimum Gasteiger partial charge on any atom is -0.315 e. The highest BCUT2D eigenvalue weighted by Crippen LogP contribution is 2.18. The van der Waals surface area contributed by atoms with Gasteiger partial charge in [-0.2, -0.15) is 0 Å². The van der Waals surface area contributed by atoms with Gasteiger partial charge in [-0.25, -0.2) is 26.3 Å². The molecule has 0 saturated carbocycles. The molecule has 1 N–H and O–H groups in total. The van der Waals surface area contributed by atoms with Crippen molar-refractivity contribution < 1.29 is 21.6 Å². The number of hydrogen-bond donors (Lipinski definition) is 1. The van der Waals surface area contributed by atoms with Gasteiger partial charge in [-0.15, -0.1) is 0 Å². The van der Waals surface area contributed by atoms with Crippen LogP contribution in [-0.4, -0.2) is 19.5 Å². The van der Waals surface area contributed by atoms with Crippen LogP contribution in [0.4, 0.5) is 13.2 Å². The molecule has 0 radical (unpaired) electrons. The van der Waals surface area contributed by atoms with Gasteiger partial charge < -0.3 is 4.57 Å². The van der Waals surface area contributed by atoms with Crippen molar-refractivity contribution in [2.75, 3.05) is 6.54 Å². The van der Waals surface area contributed by atoms with Crippen LogP contribution in [0.15, 0.2) is 46.2 Å². The molecule has 1 heterocycles. The van der Waals surface area contributed by atoms with Crippen molar-refractivity contribution >= 4 is 10.0 Å². The zero-order chi connectivity index (χ0) is 17.0. The molecule has 1 aromatic carbocycles. The molecule has 0 bridgehead atoms. The first-order valence-electron chi connectivity index (χ1n) is 6.61. The minimum atomic E-state index is -4.31. The fraction of sp³-hybridized carbons (Fsp3) is 0.214.